The predicted molar refractivity (Wildman–Crippen MR) is 70.8 cm³/mol. The van der Waals surface area contributed by atoms with Crippen LogP contribution in [0, 0.1) is 5.41 Å². The molecule has 0 radical (unpaired) electrons. The van der Waals surface area contributed by atoms with Gasteiger partial charge in [0.2, 0.25) is 0 Å². The van der Waals surface area contributed by atoms with E-state index in [0.29, 0.717) is 11.6 Å². The predicted octanol–water partition coefficient (Wildman–Crippen LogP) is 2.86. The van der Waals surface area contributed by atoms with Gasteiger partial charge in [0.1, 0.15) is 11.9 Å². The third-order valence-electron chi connectivity index (χ3n) is 2.86. The molecule has 2 atom stereocenters. The first-order valence-electron chi connectivity index (χ1n) is 6.03. The lowest BCUT2D eigenvalue weighted by Gasteiger charge is -2.27. The van der Waals surface area contributed by atoms with Crippen molar-refractivity contribution in [1.82, 2.24) is 0 Å². The Balaban J connectivity index is 2.10. The smallest absolute Gasteiger partial charge is 0.159 e. The van der Waals surface area contributed by atoms with Crippen molar-refractivity contribution < 1.29 is 9.47 Å². The van der Waals surface area contributed by atoms with Crippen LogP contribution in [0.15, 0.2) is 24.3 Å². The van der Waals surface area contributed by atoms with E-state index in [4.69, 9.17) is 32.2 Å². The minimum Gasteiger partial charge on any atom is -0.385 e. The molecule has 1 aliphatic rings. The molecule has 1 fully saturated rings. The second-order valence-electron chi connectivity index (χ2n) is 4.32. The summed E-state index contributed by atoms with van der Waals surface area (Å²) in [6.07, 6.45) is 2.09. The summed E-state index contributed by atoms with van der Waals surface area (Å²) in [5, 5.41) is 8.24. The van der Waals surface area contributed by atoms with Crippen molar-refractivity contribution in [3.05, 3.63) is 34.9 Å². The standard InChI is InChI=1S/C13H17ClN2O2/c14-10-5-3-4-9(8-10)12(13(15)16)18-11-6-1-2-7-17-11/h3-5,8,11-12H,1-2,6-7H2,(H3,15,16)/t11-,12+/m0/s1. The highest BCUT2D eigenvalue weighted by molar-refractivity contribution is 6.30. The minimum absolute atomic E-state index is 0.0357. The molecule has 0 aromatic heterocycles. The van der Waals surface area contributed by atoms with Crippen molar-refractivity contribution in [3.63, 3.8) is 0 Å². The molecule has 1 heterocycles. The van der Waals surface area contributed by atoms with Crippen LogP contribution >= 0.6 is 11.6 Å². The van der Waals surface area contributed by atoms with Gasteiger partial charge in [0, 0.05) is 11.6 Å². The van der Waals surface area contributed by atoms with Crippen LogP contribution in [0.2, 0.25) is 5.02 Å². The van der Waals surface area contributed by atoms with Crippen LogP contribution in [-0.4, -0.2) is 18.7 Å². The molecule has 1 aromatic carbocycles. The average Bonchev–Trinajstić information content (AvgIpc) is 2.37. The maximum atomic E-state index is 7.63. The zero-order chi connectivity index (χ0) is 13.0. The van der Waals surface area contributed by atoms with E-state index in [2.05, 4.69) is 0 Å². The third kappa shape index (κ3) is 3.45. The van der Waals surface area contributed by atoms with E-state index in [0.717, 1.165) is 24.8 Å². The second kappa shape index (κ2) is 6.18. The fourth-order valence-corrected chi connectivity index (χ4v) is 2.17. The first-order chi connectivity index (χ1) is 8.66. The van der Waals surface area contributed by atoms with Crippen molar-refractivity contribution in [1.29, 1.82) is 5.41 Å². The number of amidine groups is 1. The van der Waals surface area contributed by atoms with Gasteiger partial charge in [0.15, 0.2) is 6.29 Å². The fraction of sp³-hybridized carbons (Fsp3) is 0.462. The molecule has 4 nitrogen and oxygen atoms in total. The van der Waals surface area contributed by atoms with Crippen molar-refractivity contribution in [2.75, 3.05) is 6.61 Å². The summed E-state index contributed by atoms with van der Waals surface area (Å²) in [7, 11) is 0. The maximum absolute atomic E-state index is 7.63. The lowest BCUT2D eigenvalue weighted by Crippen LogP contribution is -2.30. The van der Waals surface area contributed by atoms with Crippen molar-refractivity contribution in [3.8, 4) is 0 Å². The molecule has 0 unspecified atom stereocenters. The van der Waals surface area contributed by atoms with Crippen LogP contribution in [0.5, 0.6) is 0 Å². The first-order valence-corrected chi connectivity index (χ1v) is 6.41. The molecule has 3 N–H and O–H groups in total. The van der Waals surface area contributed by atoms with Gasteiger partial charge < -0.3 is 15.2 Å². The van der Waals surface area contributed by atoms with Gasteiger partial charge in [0.05, 0.1) is 0 Å². The van der Waals surface area contributed by atoms with Gasteiger partial charge in [-0.3, -0.25) is 5.41 Å². The first kappa shape index (κ1) is 13.3. The third-order valence-corrected chi connectivity index (χ3v) is 3.09. The summed E-state index contributed by atoms with van der Waals surface area (Å²) in [4.78, 5) is 0. The Morgan fingerprint density at radius 1 is 1.50 bits per heavy atom. The molecular formula is C13H17ClN2O2. The van der Waals surface area contributed by atoms with Crippen LogP contribution in [-0.2, 0) is 9.47 Å². The van der Waals surface area contributed by atoms with Gasteiger partial charge in [-0.2, -0.15) is 0 Å². The van der Waals surface area contributed by atoms with Gasteiger partial charge in [0.25, 0.3) is 0 Å². The lowest BCUT2D eigenvalue weighted by atomic mass is 10.1. The largest absolute Gasteiger partial charge is 0.385 e. The Labute approximate surface area is 112 Å². The number of nitrogens with one attached hydrogen (secondary N) is 1. The second-order valence-corrected chi connectivity index (χ2v) is 4.76. The molecule has 1 aliphatic heterocycles. The maximum Gasteiger partial charge on any atom is 0.159 e. The van der Waals surface area contributed by atoms with Gasteiger partial charge >= 0.3 is 0 Å². The number of ether oxygens (including phenoxy) is 2. The lowest BCUT2D eigenvalue weighted by molar-refractivity contribution is -0.176. The van der Waals surface area contributed by atoms with Crippen LogP contribution in [0.3, 0.4) is 0 Å². The fourth-order valence-electron chi connectivity index (χ4n) is 1.97. The molecule has 5 heteroatoms. The summed E-state index contributed by atoms with van der Waals surface area (Å²) in [6.45, 7) is 0.699. The molecule has 0 amide bonds. The number of halogens is 1. The topological polar surface area (TPSA) is 68.3 Å². The number of hydrogen-bond donors (Lipinski definition) is 2. The molecule has 0 spiro atoms. The molecular weight excluding hydrogens is 252 g/mol. The summed E-state index contributed by atoms with van der Waals surface area (Å²) < 4.78 is 11.3. The molecule has 1 aromatic rings. The summed E-state index contributed by atoms with van der Waals surface area (Å²) in [5.74, 6) is -0.0357. The van der Waals surface area contributed by atoms with Crippen LogP contribution in [0.1, 0.15) is 30.9 Å². The van der Waals surface area contributed by atoms with Crippen molar-refractivity contribution >= 4 is 17.4 Å². The minimum atomic E-state index is -0.591. The van der Waals surface area contributed by atoms with E-state index in [1.807, 2.05) is 12.1 Å². The average molecular weight is 269 g/mol. The molecule has 98 valence electrons. The van der Waals surface area contributed by atoms with Crippen LogP contribution < -0.4 is 5.73 Å². The van der Waals surface area contributed by atoms with Crippen molar-refractivity contribution in [2.24, 2.45) is 5.73 Å². The van der Waals surface area contributed by atoms with E-state index in [1.54, 1.807) is 12.1 Å². The highest BCUT2D eigenvalue weighted by Gasteiger charge is 2.23. The highest BCUT2D eigenvalue weighted by atomic mass is 35.5. The zero-order valence-corrected chi connectivity index (χ0v) is 10.8. The van der Waals surface area contributed by atoms with Gasteiger partial charge in [-0.1, -0.05) is 23.7 Å². The van der Waals surface area contributed by atoms with Gasteiger partial charge in [-0.25, -0.2) is 0 Å². The van der Waals surface area contributed by atoms with E-state index < -0.39 is 6.10 Å². The van der Waals surface area contributed by atoms with E-state index >= 15 is 0 Å². The normalized spacial score (nSPS) is 21.5. The summed E-state index contributed by atoms with van der Waals surface area (Å²) >= 11 is 5.94. The van der Waals surface area contributed by atoms with Crippen LogP contribution in [0.4, 0.5) is 0 Å². The van der Waals surface area contributed by atoms with E-state index in [-0.39, 0.29) is 12.1 Å². The van der Waals surface area contributed by atoms with Crippen molar-refractivity contribution in [2.45, 2.75) is 31.7 Å². The molecule has 0 bridgehead atoms. The molecule has 2 rings (SSSR count). The molecule has 0 saturated carbocycles. The van der Waals surface area contributed by atoms with Gasteiger partial charge in [-0.05, 0) is 37.0 Å². The Hall–Kier alpha value is -1.10. The molecule has 1 saturated heterocycles. The zero-order valence-electron chi connectivity index (χ0n) is 10.1. The summed E-state index contributed by atoms with van der Waals surface area (Å²) in [6, 6.07) is 7.20. The Bertz CT molecular complexity index is 419. The number of rotatable bonds is 4. The molecule has 0 aliphatic carbocycles. The Kier molecular flexibility index (Phi) is 4.58. The quantitative estimate of drug-likeness (QED) is 0.652. The SMILES string of the molecule is N=C(N)[C@H](O[C@H]1CCCCO1)c1cccc(Cl)c1. The molecule has 18 heavy (non-hydrogen) atoms. The monoisotopic (exact) mass is 268 g/mol. The van der Waals surface area contributed by atoms with E-state index in [1.165, 1.54) is 0 Å². The van der Waals surface area contributed by atoms with Crippen LogP contribution in [0.25, 0.3) is 0 Å². The van der Waals surface area contributed by atoms with E-state index in [9.17, 15) is 0 Å². The summed E-state index contributed by atoms with van der Waals surface area (Å²) in [5.41, 5.74) is 6.38. The number of hydrogen-bond acceptors (Lipinski definition) is 3. The number of nitrogens with two attached hydrogens (primary N) is 1. The Morgan fingerprint density at radius 2 is 2.33 bits per heavy atom. The Morgan fingerprint density at radius 3 is 2.94 bits per heavy atom. The highest BCUT2D eigenvalue weighted by Crippen LogP contribution is 2.25. The van der Waals surface area contributed by atoms with Gasteiger partial charge in [-0.15, -0.1) is 0 Å². The number of benzene rings is 1.